The first-order valence-electron chi connectivity index (χ1n) is 8.64. The molecule has 0 unspecified atom stereocenters. The van der Waals surface area contributed by atoms with Gasteiger partial charge in [-0.05, 0) is 45.0 Å². The monoisotopic (exact) mass is 340 g/mol. The molecule has 3 rings (SSSR count). The van der Waals surface area contributed by atoms with Gasteiger partial charge in [-0.25, -0.2) is 4.98 Å². The van der Waals surface area contributed by atoms with E-state index in [1.54, 1.807) is 19.4 Å². The summed E-state index contributed by atoms with van der Waals surface area (Å²) in [4.78, 5) is 22.6. The van der Waals surface area contributed by atoms with Crippen LogP contribution in [0.4, 0.5) is 0 Å². The Bertz CT molecular complexity index is 710. The van der Waals surface area contributed by atoms with E-state index in [0.29, 0.717) is 18.3 Å². The molecule has 1 fully saturated rings. The number of hydrogen-bond donors (Lipinski definition) is 1. The van der Waals surface area contributed by atoms with Gasteiger partial charge in [-0.3, -0.25) is 14.7 Å². The lowest BCUT2D eigenvalue weighted by Crippen LogP contribution is -2.40. The number of piperidine rings is 1. The maximum Gasteiger partial charge on any atom is 0.241 e. The number of nitrogens with zero attached hydrogens (tertiary/aromatic N) is 3. The fourth-order valence-electron chi connectivity index (χ4n) is 3.06. The minimum atomic E-state index is 0.0568. The van der Waals surface area contributed by atoms with E-state index in [1.807, 2.05) is 31.2 Å². The van der Waals surface area contributed by atoms with Crippen LogP contribution in [-0.2, 0) is 4.79 Å². The summed E-state index contributed by atoms with van der Waals surface area (Å²) >= 11 is 0. The SMILES string of the molecule is CNC(=O)CN1CCC(c2nccnc2Oc2ccc(C)cc2)CC1. The maximum atomic E-state index is 11.5. The first-order valence-corrected chi connectivity index (χ1v) is 8.64. The van der Waals surface area contributed by atoms with E-state index >= 15 is 0 Å². The van der Waals surface area contributed by atoms with Crippen LogP contribution in [0.15, 0.2) is 36.7 Å². The van der Waals surface area contributed by atoms with Crippen molar-refractivity contribution in [2.24, 2.45) is 0 Å². The number of aromatic nitrogens is 2. The third-order valence-corrected chi connectivity index (χ3v) is 4.55. The lowest BCUT2D eigenvalue weighted by Gasteiger charge is -2.31. The molecule has 0 spiro atoms. The molecule has 1 aromatic carbocycles. The molecule has 1 aromatic heterocycles. The molecule has 1 saturated heterocycles. The Morgan fingerprint density at radius 3 is 2.56 bits per heavy atom. The third-order valence-electron chi connectivity index (χ3n) is 4.55. The summed E-state index contributed by atoms with van der Waals surface area (Å²) in [5, 5.41) is 2.67. The molecular weight excluding hydrogens is 316 g/mol. The lowest BCUT2D eigenvalue weighted by atomic mass is 9.93. The Morgan fingerprint density at radius 1 is 1.20 bits per heavy atom. The van der Waals surface area contributed by atoms with Crippen LogP contribution in [0.25, 0.3) is 0 Å². The molecule has 2 aromatic rings. The van der Waals surface area contributed by atoms with Gasteiger partial charge in [0.2, 0.25) is 11.8 Å². The number of hydrogen-bond acceptors (Lipinski definition) is 5. The van der Waals surface area contributed by atoms with Crippen molar-refractivity contribution >= 4 is 5.91 Å². The topological polar surface area (TPSA) is 67.4 Å². The number of rotatable bonds is 5. The average molecular weight is 340 g/mol. The van der Waals surface area contributed by atoms with Crippen LogP contribution in [0.3, 0.4) is 0 Å². The van der Waals surface area contributed by atoms with Crippen molar-refractivity contribution in [1.29, 1.82) is 0 Å². The number of likely N-dealkylation sites (N-methyl/N-ethyl adjacent to an activating group) is 1. The van der Waals surface area contributed by atoms with Crippen LogP contribution in [0.5, 0.6) is 11.6 Å². The van der Waals surface area contributed by atoms with Gasteiger partial charge in [0.25, 0.3) is 0 Å². The van der Waals surface area contributed by atoms with E-state index in [4.69, 9.17) is 4.74 Å². The van der Waals surface area contributed by atoms with Crippen molar-refractivity contribution in [2.75, 3.05) is 26.7 Å². The molecule has 2 heterocycles. The molecule has 0 aliphatic carbocycles. The van der Waals surface area contributed by atoms with Gasteiger partial charge in [-0.1, -0.05) is 17.7 Å². The molecule has 0 atom stereocenters. The van der Waals surface area contributed by atoms with Gasteiger partial charge in [-0.2, -0.15) is 0 Å². The number of aryl methyl sites for hydroxylation is 1. The maximum absolute atomic E-state index is 11.5. The first kappa shape index (κ1) is 17.4. The summed E-state index contributed by atoms with van der Waals surface area (Å²) < 4.78 is 5.98. The molecule has 0 radical (unpaired) electrons. The minimum Gasteiger partial charge on any atom is -0.437 e. The largest absolute Gasteiger partial charge is 0.437 e. The predicted octanol–water partition coefficient (Wildman–Crippen LogP) is 2.50. The molecule has 1 amide bonds. The van der Waals surface area contributed by atoms with Gasteiger partial charge in [0.1, 0.15) is 11.4 Å². The van der Waals surface area contributed by atoms with Crippen LogP contribution >= 0.6 is 0 Å². The summed E-state index contributed by atoms with van der Waals surface area (Å²) in [6.07, 6.45) is 5.27. The highest BCUT2D eigenvalue weighted by molar-refractivity contribution is 5.77. The van der Waals surface area contributed by atoms with E-state index in [0.717, 1.165) is 37.4 Å². The standard InChI is InChI=1S/C19H24N4O2/c1-14-3-5-16(6-4-14)25-19-18(21-9-10-22-19)15-7-11-23(12-8-15)13-17(24)20-2/h3-6,9-10,15H,7-8,11-13H2,1-2H3,(H,20,24). The second-order valence-corrected chi connectivity index (χ2v) is 6.39. The quantitative estimate of drug-likeness (QED) is 0.906. The number of carbonyl (C=O) groups excluding carboxylic acids is 1. The van der Waals surface area contributed by atoms with E-state index in [2.05, 4.69) is 20.2 Å². The Balaban J connectivity index is 1.67. The normalized spacial score (nSPS) is 15.8. The fraction of sp³-hybridized carbons (Fsp3) is 0.421. The van der Waals surface area contributed by atoms with Gasteiger partial charge in [0, 0.05) is 25.4 Å². The lowest BCUT2D eigenvalue weighted by molar-refractivity contribution is -0.122. The number of benzene rings is 1. The zero-order chi connectivity index (χ0) is 17.6. The van der Waals surface area contributed by atoms with Crippen molar-refractivity contribution in [3.8, 4) is 11.6 Å². The molecule has 1 aliphatic rings. The molecule has 6 heteroatoms. The highest BCUT2D eigenvalue weighted by Crippen LogP contribution is 2.33. The van der Waals surface area contributed by atoms with Gasteiger partial charge in [-0.15, -0.1) is 0 Å². The van der Waals surface area contributed by atoms with E-state index in [1.165, 1.54) is 5.56 Å². The van der Waals surface area contributed by atoms with Crippen molar-refractivity contribution in [3.63, 3.8) is 0 Å². The molecule has 0 bridgehead atoms. The second kappa shape index (κ2) is 8.07. The molecule has 1 N–H and O–H groups in total. The van der Waals surface area contributed by atoms with E-state index in [-0.39, 0.29) is 5.91 Å². The molecule has 6 nitrogen and oxygen atoms in total. The Morgan fingerprint density at radius 2 is 1.88 bits per heavy atom. The molecule has 0 saturated carbocycles. The van der Waals surface area contributed by atoms with Crippen molar-refractivity contribution in [1.82, 2.24) is 20.2 Å². The highest BCUT2D eigenvalue weighted by Gasteiger charge is 2.25. The number of nitrogens with one attached hydrogen (secondary N) is 1. The molecule has 25 heavy (non-hydrogen) atoms. The van der Waals surface area contributed by atoms with Gasteiger partial charge in [0.05, 0.1) is 6.54 Å². The smallest absolute Gasteiger partial charge is 0.241 e. The minimum absolute atomic E-state index is 0.0568. The van der Waals surface area contributed by atoms with Crippen LogP contribution in [-0.4, -0.2) is 47.5 Å². The Hall–Kier alpha value is -2.47. The van der Waals surface area contributed by atoms with Crippen LogP contribution in [0, 0.1) is 6.92 Å². The van der Waals surface area contributed by atoms with Gasteiger partial charge < -0.3 is 10.1 Å². The predicted molar refractivity (Wildman–Crippen MR) is 95.8 cm³/mol. The van der Waals surface area contributed by atoms with E-state index < -0.39 is 0 Å². The Kier molecular flexibility index (Phi) is 5.60. The summed E-state index contributed by atoms with van der Waals surface area (Å²) in [6.45, 7) is 4.25. The zero-order valence-electron chi connectivity index (χ0n) is 14.7. The van der Waals surface area contributed by atoms with Crippen molar-refractivity contribution in [3.05, 3.63) is 47.9 Å². The second-order valence-electron chi connectivity index (χ2n) is 6.39. The van der Waals surface area contributed by atoms with Crippen molar-refractivity contribution < 1.29 is 9.53 Å². The van der Waals surface area contributed by atoms with Crippen LogP contribution in [0.1, 0.15) is 30.0 Å². The molecule has 1 aliphatic heterocycles. The third kappa shape index (κ3) is 4.54. The number of carbonyl (C=O) groups is 1. The van der Waals surface area contributed by atoms with Gasteiger partial charge in [0.15, 0.2) is 0 Å². The molecule has 132 valence electrons. The highest BCUT2D eigenvalue weighted by atomic mass is 16.5. The number of likely N-dealkylation sites (tertiary alicyclic amines) is 1. The van der Waals surface area contributed by atoms with Crippen LogP contribution in [0.2, 0.25) is 0 Å². The van der Waals surface area contributed by atoms with Crippen molar-refractivity contribution in [2.45, 2.75) is 25.7 Å². The van der Waals surface area contributed by atoms with Crippen LogP contribution < -0.4 is 10.1 Å². The Labute approximate surface area is 148 Å². The summed E-state index contributed by atoms with van der Waals surface area (Å²) in [6, 6.07) is 7.92. The number of amides is 1. The average Bonchev–Trinajstić information content (AvgIpc) is 2.65. The summed E-state index contributed by atoms with van der Waals surface area (Å²) in [5.41, 5.74) is 2.10. The fourth-order valence-corrected chi connectivity index (χ4v) is 3.06. The number of ether oxygens (including phenoxy) is 1. The zero-order valence-corrected chi connectivity index (χ0v) is 14.7. The van der Waals surface area contributed by atoms with Gasteiger partial charge >= 0.3 is 0 Å². The van der Waals surface area contributed by atoms with E-state index in [9.17, 15) is 4.79 Å². The summed E-state index contributed by atoms with van der Waals surface area (Å²) in [5.74, 6) is 1.71. The summed E-state index contributed by atoms with van der Waals surface area (Å²) in [7, 11) is 1.67. The first-order chi connectivity index (χ1) is 12.2. The molecular formula is C19H24N4O2.